The molecular weight excluding hydrogens is 671 g/mol. The fourth-order valence-corrected chi connectivity index (χ4v) is 9.07. The SMILES string of the molecule is c1ccc(-c2ccc(-c3cccc4sc5c(N(c6ccc(-c7ccc8ccccc8c7)cc6)c6ccccc6-c6ccccc6)cccc5c34)cc2)cc1. The smallest absolute Gasteiger partial charge is 0.0640 e. The van der Waals surface area contributed by atoms with Gasteiger partial charge in [0.2, 0.25) is 0 Å². The molecule has 1 aromatic heterocycles. The van der Waals surface area contributed by atoms with Crippen LogP contribution in [0.4, 0.5) is 17.1 Å². The van der Waals surface area contributed by atoms with Crippen molar-refractivity contribution < 1.29 is 0 Å². The van der Waals surface area contributed by atoms with Gasteiger partial charge in [0.25, 0.3) is 0 Å². The van der Waals surface area contributed by atoms with E-state index >= 15 is 0 Å². The van der Waals surface area contributed by atoms with Crippen molar-refractivity contribution in [1.82, 2.24) is 0 Å². The van der Waals surface area contributed by atoms with Gasteiger partial charge in [-0.2, -0.15) is 0 Å². The van der Waals surface area contributed by atoms with Crippen molar-refractivity contribution in [2.45, 2.75) is 0 Å². The molecule has 10 aromatic rings. The Kier molecular flexibility index (Phi) is 8.09. The van der Waals surface area contributed by atoms with Crippen molar-refractivity contribution >= 4 is 59.3 Å². The van der Waals surface area contributed by atoms with Crippen LogP contribution in [0.5, 0.6) is 0 Å². The van der Waals surface area contributed by atoms with Crippen LogP contribution in [0.1, 0.15) is 0 Å². The van der Waals surface area contributed by atoms with Gasteiger partial charge in [0.15, 0.2) is 0 Å². The van der Waals surface area contributed by atoms with E-state index in [2.05, 4.69) is 217 Å². The molecule has 0 amide bonds. The molecule has 0 N–H and O–H groups in total. The minimum Gasteiger partial charge on any atom is -0.308 e. The van der Waals surface area contributed by atoms with Gasteiger partial charge in [-0.25, -0.2) is 0 Å². The van der Waals surface area contributed by atoms with Gasteiger partial charge in [-0.1, -0.05) is 176 Å². The predicted molar refractivity (Wildman–Crippen MR) is 233 cm³/mol. The summed E-state index contributed by atoms with van der Waals surface area (Å²) < 4.78 is 2.55. The van der Waals surface area contributed by atoms with Crippen LogP contribution in [0.2, 0.25) is 0 Å². The maximum Gasteiger partial charge on any atom is 0.0640 e. The molecule has 1 nitrogen and oxygen atoms in total. The van der Waals surface area contributed by atoms with Crippen molar-refractivity contribution in [2.24, 2.45) is 0 Å². The van der Waals surface area contributed by atoms with Gasteiger partial charge in [-0.15, -0.1) is 11.3 Å². The zero-order valence-corrected chi connectivity index (χ0v) is 30.4. The maximum absolute atomic E-state index is 2.46. The fourth-order valence-electron chi connectivity index (χ4n) is 7.83. The maximum atomic E-state index is 2.46. The number of benzene rings is 9. The number of hydrogen-bond acceptors (Lipinski definition) is 2. The van der Waals surface area contributed by atoms with Gasteiger partial charge in [0.05, 0.1) is 16.1 Å². The van der Waals surface area contributed by atoms with Crippen LogP contribution in [-0.4, -0.2) is 0 Å². The molecule has 1 heterocycles. The number of fused-ring (bicyclic) bond motifs is 4. The summed E-state index contributed by atoms with van der Waals surface area (Å²) in [5.41, 5.74) is 13.2. The summed E-state index contributed by atoms with van der Waals surface area (Å²) in [6.07, 6.45) is 0. The summed E-state index contributed by atoms with van der Waals surface area (Å²) in [5, 5.41) is 5.07. The van der Waals surface area contributed by atoms with Crippen molar-refractivity contribution in [2.75, 3.05) is 4.90 Å². The molecule has 0 saturated heterocycles. The van der Waals surface area contributed by atoms with Crippen LogP contribution < -0.4 is 4.90 Å². The highest BCUT2D eigenvalue weighted by atomic mass is 32.1. The lowest BCUT2D eigenvalue weighted by molar-refractivity contribution is 1.30. The number of para-hydroxylation sites is 1. The largest absolute Gasteiger partial charge is 0.308 e. The van der Waals surface area contributed by atoms with Gasteiger partial charge < -0.3 is 4.90 Å². The van der Waals surface area contributed by atoms with Crippen LogP contribution in [0, 0.1) is 0 Å². The first kappa shape index (κ1) is 32.0. The molecule has 54 heavy (non-hydrogen) atoms. The summed E-state index contributed by atoms with van der Waals surface area (Å²) >= 11 is 1.88. The molecule has 0 aliphatic rings. The monoisotopic (exact) mass is 705 g/mol. The minimum absolute atomic E-state index is 1.12. The molecule has 10 rings (SSSR count). The van der Waals surface area contributed by atoms with E-state index in [1.54, 1.807) is 0 Å². The third-order valence-electron chi connectivity index (χ3n) is 10.5. The molecule has 0 aliphatic heterocycles. The number of rotatable bonds is 7. The van der Waals surface area contributed by atoms with E-state index in [1.165, 1.54) is 81.1 Å². The van der Waals surface area contributed by atoms with Crippen molar-refractivity contribution in [3.05, 3.63) is 212 Å². The molecule has 0 saturated carbocycles. The molecule has 0 unspecified atom stereocenters. The number of nitrogens with zero attached hydrogens (tertiary/aromatic N) is 1. The van der Waals surface area contributed by atoms with Gasteiger partial charge in [0, 0.05) is 26.7 Å². The highest BCUT2D eigenvalue weighted by molar-refractivity contribution is 7.26. The average molecular weight is 706 g/mol. The summed E-state index contributed by atoms with van der Waals surface area (Å²) in [4.78, 5) is 2.46. The third-order valence-corrected chi connectivity index (χ3v) is 11.7. The van der Waals surface area contributed by atoms with E-state index in [-0.39, 0.29) is 0 Å². The quantitative estimate of drug-likeness (QED) is 0.160. The van der Waals surface area contributed by atoms with Crippen LogP contribution >= 0.6 is 11.3 Å². The van der Waals surface area contributed by atoms with E-state index in [4.69, 9.17) is 0 Å². The summed E-state index contributed by atoms with van der Waals surface area (Å²) in [7, 11) is 0. The Balaban J connectivity index is 1.14. The molecular formula is C52H35NS. The lowest BCUT2D eigenvalue weighted by atomic mass is 9.96. The van der Waals surface area contributed by atoms with Crippen molar-refractivity contribution in [3.63, 3.8) is 0 Å². The molecule has 0 aliphatic carbocycles. The van der Waals surface area contributed by atoms with Gasteiger partial charge in [0.1, 0.15) is 0 Å². The van der Waals surface area contributed by atoms with Crippen LogP contribution in [0.25, 0.3) is 75.5 Å². The highest BCUT2D eigenvalue weighted by Gasteiger charge is 2.22. The van der Waals surface area contributed by atoms with Crippen LogP contribution in [-0.2, 0) is 0 Å². The van der Waals surface area contributed by atoms with Gasteiger partial charge >= 0.3 is 0 Å². The zero-order valence-electron chi connectivity index (χ0n) is 29.6. The molecule has 0 bridgehead atoms. The van der Waals surface area contributed by atoms with E-state index in [9.17, 15) is 0 Å². The summed E-state index contributed by atoms with van der Waals surface area (Å²) in [5.74, 6) is 0. The highest BCUT2D eigenvalue weighted by Crippen LogP contribution is 2.49. The number of anilines is 3. The number of hydrogen-bond donors (Lipinski definition) is 0. The van der Waals surface area contributed by atoms with E-state index in [0.717, 1.165) is 11.4 Å². The fraction of sp³-hybridized carbons (Fsp3) is 0. The number of thiophene rings is 1. The minimum atomic E-state index is 1.12. The third kappa shape index (κ3) is 5.74. The Morgan fingerprint density at radius 1 is 0.333 bits per heavy atom. The van der Waals surface area contributed by atoms with E-state index in [0.29, 0.717) is 0 Å². The predicted octanol–water partition coefficient (Wildman–Crippen LogP) is 15.3. The lowest BCUT2D eigenvalue weighted by Gasteiger charge is -2.28. The van der Waals surface area contributed by atoms with Crippen LogP contribution in [0.3, 0.4) is 0 Å². The molecule has 2 heteroatoms. The topological polar surface area (TPSA) is 3.24 Å². The Bertz CT molecular complexity index is 2910. The first-order chi connectivity index (χ1) is 26.8. The summed E-state index contributed by atoms with van der Waals surface area (Å²) in [6.45, 7) is 0. The molecule has 0 fully saturated rings. The Morgan fingerprint density at radius 2 is 0.870 bits per heavy atom. The second-order valence-electron chi connectivity index (χ2n) is 13.7. The van der Waals surface area contributed by atoms with Crippen molar-refractivity contribution in [1.29, 1.82) is 0 Å². The second-order valence-corrected chi connectivity index (χ2v) is 14.8. The van der Waals surface area contributed by atoms with E-state index < -0.39 is 0 Å². The Hall–Kier alpha value is -6.74. The lowest BCUT2D eigenvalue weighted by Crippen LogP contribution is -2.11. The Morgan fingerprint density at radius 3 is 1.67 bits per heavy atom. The van der Waals surface area contributed by atoms with Crippen LogP contribution in [0.15, 0.2) is 212 Å². The zero-order chi connectivity index (χ0) is 35.8. The molecule has 9 aromatic carbocycles. The van der Waals surface area contributed by atoms with Gasteiger partial charge in [-0.3, -0.25) is 0 Å². The average Bonchev–Trinajstić information content (AvgIpc) is 3.65. The molecule has 0 atom stereocenters. The van der Waals surface area contributed by atoms with Crippen molar-refractivity contribution in [3.8, 4) is 44.5 Å². The molecule has 0 spiro atoms. The normalized spacial score (nSPS) is 11.3. The summed E-state index contributed by atoms with van der Waals surface area (Å²) in [6, 6.07) is 77.1. The second kappa shape index (κ2) is 13.7. The molecule has 0 radical (unpaired) electrons. The first-order valence-electron chi connectivity index (χ1n) is 18.4. The first-order valence-corrected chi connectivity index (χ1v) is 19.2. The standard InChI is InChI=1S/C52H35NS/c1-3-13-36(14-4-1)38-25-28-41(29-26-38)46-20-12-24-50-51(46)47-21-11-23-49(52(47)54-50)53(48-22-10-9-19-45(48)40-16-5-2-6-17-40)44-33-31-39(32-34-44)43-30-27-37-15-7-8-18-42(37)35-43/h1-35H. The Labute approximate surface area is 319 Å². The molecule has 254 valence electrons. The van der Waals surface area contributed by atoms with E-state index in [1.807, 2.05) is 11.3 Å². The van der Waals surface area contributed by atoms with Gasteiger partial charge in [-0.05, 0) is 86.1 Å².